The van der Waals surface area contributed by atoms with Crippen molar-refractivity contribution in [1.82, 2.24) is 10.3 Å². The van der Waals surface area contributed by atoms with E-state index >= 15 is 0 Å². The van der Waals surface area contributed by atoms with Crippen LogP contribution in [0.1, 0.15) is 40.7 Å². The van der Waals surface area contributed by atoms with Gasteiger partial charge in [0.1, 0.15) is 11.6 Å². The fourth-order valence-corrected chi connectivity index (χ4v) is 3.83. The lowest BCUT2D eigenvalue weighted by Gasteiger charge is -2.36. The van der Waals surface area contributed by atoms with E-state index in [4.69, 9.17) is 5.73 Å². The molecule has 28 heavy (non-hydrogen) atoms. The van der Waals surface area contributed by atoms with Gasteiger partial charge in [0.05, 0.1) is 11.6 Å². The number of aromatic nitrogens is 1. The Hall–Kier alpha value is -2.74. The van der Waals surface area contributed by atoms with Gasteiger partial charge in [0, 0.05) is 24.7 Å². The van der Waals surface area contributed by atoms with Crippen LogP contribution in [0.15, 0.2) is 30.3 Å². The van der Waals surface area contributed by atoms with Crippen molar-refractivity contribution in [2.75, 3.05) is 10.6 Å². The van der Waals surface area contributed by atoms with E-state index < -0.39 is 18.0 Å². The monoisotopic (exact) mass is 387 g/mol. The number of nitrogens with one attached hydrogen (secondary N) is 3. The lowest BCUT2D eigenvalue weighted by atomic mass is 9.87. The summed E-state index contributed by atoms with van der Waals surface area (Å²) in [7, 11) is 0. The van der Waals surface area contributed by atoms with E-state index in [9.17, 15) is 13.6 Å². The number of halogens is 2. The van der Waals surface area contributed by atoms with Crippen molar-refractivity contribution in [3.63, 3.8) is 0 Å². The molecular weight excluding hydrogens is 364 g/mol. The fraction of sp³-hybridized carbons (Fsp3) is 0.400. The van der Waals surface area contributed by atoms with Gasteiger partial charge in [0.25, 0.3) is 11.8 Å². The lowest BCUT2D eigenvalue weighted by Crippen LogP contribution is -2.55. The van der Waals surface area contributed by atoms with Gasteiger partial charge in [-0.25, -0.2) is 13.8 Å². The number of nitrogens with two attached hydrogens (primary N) is 1. The van der Waals surface area contributed by atoms with Crippen molar-refractivity contribution in [3.8, 4) is 0 Å². The molecule has 2 heterocycles. The normalized spacial score (nSPS) is 23.1. The third-order valence-electron chi connectivity index (χ3n) is 5.33. The van der Waals surface area contributed by atoms with Crippen molar-refractivity contribution >= 4 is 23.2 Å². The fourth-order valence-electron chi connectivity index (χ4n) is 3.83. The van der Waals surface area contributed by atoms with Gasteiger partial charge in [-0.05, 0) is 49.1 Å². The van der Waals surface area contributed by atoms with Gasteiger partial charge >= 0.3 is 0 Å². The van der Waals surface area contributed by atoms with Gasteiger partial charge in [-0.2, -0.15) is 0 Å². The van der Waals surface area contributed by atoms with Gasteiger partial charge in [0.15, 0.2) is 0 Å². The number of hydrogen-bond donors (Lipinski definition) is 4. The molecule has 6 nitrogen and oxygen atoms in total. The highest BCUT2D eigenvalue weighted by molar-refractivity contribution is 6.03. The van der Waals surface area contributed by atoms with Crippen LogP contribution >= 0.6 is 0 Å². The first-order chi connectivity index (χ1) is 13.3. The van der Waals surface area contributed by atoms with Gasteiger partial charge in [-0.1, -0.05) is 12.1 Å². The molecule has 0 bridgehead atoms. The summed E-state index contributed by atoms with van der Waals surface area (Å²) >= 11 is 0. The Balaban J connectivity index is 1.65. The largest absolute Gasteiger partial charge is 0.365 e. The molecule has 2 aliphatic rings. The number of carbonyl (C=O) groups excluding carboxylic acids is 1. The predicted molar refractivity (Wildman–Crippen MR) is 104 cm³/mol. The molecule has 0 spiro atoms. The number of anilines is 3. The summed E-state index contributed by atoms with van der Waals surface area (Å²) in [6.07, 6.45) is 0.758. The zero-order valence-electron chi connectivity index (χ0n) is 15.6. The molecule has 1 saturated carbocycles. The molecule has 2 atom stereocenters. The molecule has 1 aromatic heterocycles. The van der Waals surface area contributed by atoms with E-state index in [0.717, 1.165) is 16.8 Å². The van der Waals surface area contributed by atoms with Crippen LogP contribution in [0.5, 0.6) is 0 Å². The zero-order chi connectivity index (χ0) is 19.9. The Morgan fingerprint density at radius 2 is 2.14 bits per heavy atom. The summed E-state index contributed by atoms with van der Waals surface area (Å²) in [4.78, 5) is 16.8. The summed E-state index contributed by atoms with van der Waals surface area (Å²) in [5.74, 6) is -2.27. The average Bonchev–Trinajstić information content (AvgIpc) is 3.00. The van der Waals surface area contributed by atoms with E-state index in [1.165, 1.54) is 0 Å². The maximum absolute atomic E-state index is 14.0. The molecule has 2 unspecified atom stereocenters. The molecule has 4 rings (SSSR count). The lowest BCUT2D eigenvalue weighted by molar-refractivity contribution is -0.0554. The van der Waals surface area contributed by atoms with Crippen LogP contribution in [-0.4, -0.2) is 28.9 Å². The molecule has 5 N–H and O–H groups in total. The molecule has 0 saturated heterocycles. The summed E-state index contributed by atoms with van der Waals surface area (Å²) in [5, 5.41) is 9.05. The highest BCUT2D eigenvalue weighted by Crippen LogP contribution is 2.35. The number of fused-ring (bicyclic) bond motifs is 1. The summed E-state index contributed by atoms with van der Waals surface area (Å²) in [6, 6.07) is 7.58. The second-order valence-electron chi connectivity index (χ2n) is 7.50. The number of nitrogens with zero attached hydrogens (tertiary/aromatic N) is 1. The summed E-state index contributed by atoms with van der Waals surface area (Å²) in [5.41, 5.74) is 8.91. The maximum atomic E-state index is 14.0. The Morgan fingerprint density at radius 1 is 1.32 bits per heavy atom. The number of benzene rings is 1. The first-order valence-electron chi connectivity index (χ1n) is 9.39. The van der Waals surface area contributed by atoms with E-state index in [2.05, 4.69) is 20.9 Å². The average molecular weight is 387 g/mol. The van der Waals surface area contributed by atoms with E-state index in [0.29, 0.717) is 36.6 Å². The van der Waals surface area contributed by atoms with Crippen LogP contribution in [0.2, 0.25) is 0 Å². The molecular formula is C20H23F2N5O. The van der Waals surface area contributed by atoms with E-state index in [-0.39, 0.29) is 12.3 Å². The molecule has 1 aliphatic carbocycles. The Morgan fingerprint density at radius 3 is 2.93 bits per heavy atom. The van der Waals surface area contributed by atoms with E-state index in [1.807, 2.05) is 31.2 Å². The minimum atomic E-state index is -2.90. The third kappa shape index (κ3) is 3.52. The van der Waals surface area contributed by atoms with Crippen molar-refractivity contribution < 1.29 is 13.6 Å². The van der Waals surface area contributed by atoms with Crippen molar-refractivity contribution in [2.24, 2.45) is 5.73 Å². The molecule has 1 aromatic carbocycles. The van der Waals surface area contributed by atoms with Crippen molar-refractivity contribution in [3.05, 3.63) is 47.0 Å². The number of amides is 1. The molecule has 0 radical (unpaired) electrons. The molecule has 8 heteroatoms. The number of aryl methyl sites for hydroxylation is 1. The van der Waals surface area contributed by atoms with Gasteiger partial charge in [-0.3, -0.25) is 4.79 Å². The number of alkyl halides is 2. The predicted octanol–water partition coefficient (Wildman–Crippen LogP) is 3.30. The number of rotatable bonds is 4. The minimum Gasteiger partial charge on any atom is -0.365 e. The molecule has 1 fully saturated rings. The third-order valence-corrected chi connectivity index (χ3v) is 5.33. The van der Waals surface area contributed by atoms with Crippen LogP contribution in [-0.2, 0) is 6.54 Å². The standard InChI is InChI=1S/C20H23F2N5O/c1-11-4-2-5-13(8-11)25-18-16-12(10-24-19(16)28)9-15(27-18)26-14-6-3-7-20(21,22)17(14)23/h2,4-5,8-9,14,17H,3,6-7,10,23H2,1H3,(H,24,28)(H2,25,26,27). The van der Waals surface area contributed by atoms with Gasteiger partial charge in [0.2, 0.25) is 0 Å². The number of hydrogen-bond acceptors (Lipinski definition) is 5. The number of pyridine rings is 1. The summed E-state index contributed by atoms with van der Waals surface area (Å²) < 4.78 is 27.9. The Kier molecular flexibility index (Phi) is 4.66. The number of carbonyl (C=O) groups is 1. The van der Waals surface area contributed by atoms with Crippen molar-refractivity contribution in [1.29, 1.82) is 0 Å². The summed E-state index contributed by atoms with van der Waals surface area (Å²) in [6.45, 7) is 2.35. The van der Waals surface area contributed by atoms with Crippen LogP contribution in [0.4, 0.5) is 26.1 Å². The van der Waals surface area contributed by atoms with Crippen LogP contribution in [0.3, 0.4) is 0 Å². The van der Waals surface area contributed by atoms with Crippen LogP contribution < -0.4 is 21.7 Å². The topological polar surface area (TPSA) is 92.1 Å². The quantitative estimate of drug-likeness (QED) is 0.646. The molecule has 1 amide bonds. The van der Waals surface area contributed by atoms with E-state index in [1.54, 1.807) is 6.07 Å². The zero-order valence-corrected chi connectivity index (χ0v) is 15.6. The maximum Gasteiger partial charge on any atom is 0.264 e. The Labute approximate surface area is 161 Å². The first-order valence-corrected chi connectivity index (χ1v) is 9.39. The highest BCUT2D eigenvalue weighted by atomic mass is 19.3. The first kappa shape index (κ1) is 18.6. The molecule has 148 valence electrons. The van der Waals surface area contributed by atoms with Gasteiger partial charge in [-0.15, -0.1) is 0 Å². The van der Waals surface area contributed by atoms with Crippen molar-refractivity contribution in [2.45, 2.75) is 50.7 Å². The van der Waals surface area contributed by atoms with Crippen LogP contribution in [0, 0.1) is 6.92 Å². The van der Waals surface area contributed by atoms with Crippen LogP contribution in [0.25, 0.3) is 0 Å². The second kappa shape index (κ2) is 7.01. The molecule has 2 aromatic rings. The Bertz CT molecular complexity index is 917. The van der Waals surface area contributed by atoms with Gasteiger partial charge < -0.3 is 21.7 Å². The highest BCUT2D eigenvalue weighted by Gasteiger charge is 2.44. The second-order valence-corrected chi connectivity index (χ2v) is 7.50. The smallest absolute Gasteiger partial charge is 0.264 e. The SMILES string of the molecule is Cc1cccc(Nc2nc(NC3CCCC(F)(F)C3N)cc3c2C(=O)NC3)c1. The molecule has 1 aliphatic heterocycles. The minimum absolute atomic E-state index is 0.192.